The molecule has 2 nitrogen and oxygen atoms in total. The van der Waals surface area contributed by atoms with Gasteiger partial charge in [0.2, 0.25) is 0 Å². The highest BCUT2D eigenvalue weighted by molar-refractivity contribution is 7.17. The second-order valence-corrected chi connectivity index (χ2v) is 7.11. The Balaban J connectivity index is 2.23. The van der Waals surface area contributed by atoms with Crippen LogP contribution in [0, 0.1) is 5.41 Å². The Hall–Kier alpha value is -0.930. The second-order valence-electron chi connectivity index (χ2n) is 6.17. The van der Waals surface area contributed by atoms with Crippen LogP contribution in [0.3, 0.4) is 0 Å². The number of fused-ring (bicyclic) bond motifs is 1. The first-order valence-electron chi connectivity index (χ1n) is 7.07. The Kier molecular flexibility index (Phi) is 4.58. The molecular formula is C16H24N2S. The van der Waals surface area contributed by atoms with E-state index in [1.54, 1.807) is 11.3 Å². The molecule has 2 heterocycles. The van der Waals surface area contributed by atoms with Crippen molar-refractivity contribution in [3.05, 3.63) is 29.4 Å². The lowest BCUT2D eigenvalue weighted by molar-refractivity contribution is 0.266. The molecule has 2 aromatic rings. The number of hydrogen-bond donors (Lipinski definition) is 1. The van der Waals surface area contributed by atoms with Crippen LogP contribution in [0.2, 0.25) is 0 Å². The predicted molar refractivity (Wildman–Crippen MR) is 84.9 cm³/mol. The average Bonchev–Trinajstić information content (AvgIpc) is 2.81. The highest BCUT2D eigenvalue weighted by atomic mass is 32.1. The highest BCUT2D eigenvalue weighted by Crippen LogP contribution is 2.27. The quantitative estimate of drug-likeness (QED) is 0.883. The number of pyridine rings is 1. The summed E-state index contributed by atoms with van der Waals surface area (Å²) < 4.78 is 1.34. The van der Waals surface area contributed by atoms with Crippen molar-refractivity contribution in [1.29, 1.82) is 0 Å². The number of aromatic nitrogens is 1. The molecule has 0 aliphatic rings. The molecule has 1 unspecified atom stereocenters. The zero-order valence-corrected chi connectivity index (χ0v) is 13.2. The molecule has 104 valence electrons. The molecule has 0 amide bonds. The van der Waals surface area contributed by atoms with Crippen LogP contribution in [0.4, 0.5) is 0 Å². The Bertz CT molecular complexity index is 525. The number of nitrogens with zero attached hydrogens (tertiary/aromatic N) is 1. The Morgan fingerprint density at radius 1 is 1.32 bits per heavy atom. The van der Waals surface area contributed by atoms with E-state index in [2.05, 4.69) is 55.5 Å². The molecule has 19 heavy (non-hydrogen) atoms. The van der Waals surface area contributed by atoms with Crippen molar-refractivity contribution in [1.82, 2.24) is 10.3 Å². The normalized spacial score (nSPS) is 13.9. The minimum Gasteiger partial charge on any atom is -0.313 e. The Labute approximate surface area is 120 Å². The van der Waals surface area contributed by atoms with E-state index >= 15 is 0 Å². The Morgan fingerprint density at radius 3 is 2.79 bits per heavy atom. The van der Waals surface area contributed by atoms with Crippen LogP contribution in [0.1, 0.15) is 39.8 Å². The molecule has 3 heteroatoms. The lowest BCUT2D eigenvalue weighted by Gasteiger charge is -2.31. The largest absolute Gasteiger partial charge is 0.313 e. The zero-order valence-electron chi connectivity index (χ0n) is 12.4. The first-order valence-corrected chi connectivity index (χ1v) is 7.95. The molecule has 0 saturated heterocycles. The molecule has 0 bridgehead atoms. The van der Waals surface area contributed by atoms with Gasteiger partial charge in [-0.25, -0.2) is 0 Å². The highest BCUT2D eigenvalue weighted by Gasteiger charge is 2.25. The Morgan fingerprint density at radius 2 is 2.11 bits per heavy atom. The van der Waals surface area contributed by atoms with Gasteiger partial charge in [-0.3, -0.25) is 4.98 Å². The first kappa shape index (κ1) is 14.5. The van der Waals surface area contributed by atoms with Crippen LogP contribution in [0.5, 0.6) is 0 Å². The van der Waals surface area contributed by atoms with Crippen LogP contribution in [0.25, 0.3) is 10.1 Å². The van der Waals surface area contributed by atoms with Gasteiger partial charge in [0.25, 0.3) is 0 Å². The molecule has 0 aromatic carbocycles. The maximum absolute atomic E-state index is 4.61. The van der Waals surface area contributed by atoms with Crippen molar-refractivity contribution in [2.75, 3.05) is 6.54 Å². The summed E-state index contributed by atoms with van der Waals surface area (Å²) in [4.78, 5) is 4.61. The van der Waals surface area contributed by atoms with Crippen molar-refractivity contribution in [2.45, 2.75) is 46.6 Å². The summed E-state index contributed by atoms with van der Waals surface area (Å²) in [5.74, 6) is 0. The molecule has 0 aliphatic carbocycles. The van der Waals surface area contributed by atoms with Gasteiger partial charge in [-0.15, -0.1) is 11.3 Å². The monoisotopic (exact) mass is 276 g/mol. The van der Waals surface area contributed by atoms with E-state index in [4.69, 9.17) is 0 Å². The fourth-order valence-electron chi connectivity index (χ4n) is 2.31. The summed E-state index contributed by atoms with van der Waals surface area (Å²) in [7, 11) is 0. The van der Waals surface area contributed by atoms with E-state index in [1.165, 1.54) is 22.2 Å². The van der Waals surface area contributed by atoms with Crippen molar-refractivity contribution in [3.63, 3.8) is 0 Å². The van der Waals surface area contributed by atoms with Crippen molar-refractivity contribution in [3.8, 4) is 0 Å². The van der Waals surface area contributed by atoms with Gasteiger partial charge in [-0.05, 0) is 35.9 Å². The summed E-state index contributed by atoms with van der Waals surface area (Å²) in [6.45, 7) is 10.2. The molecule has 1 N–H and O–H groups in total. The number of hydrogen-bond acceptors (Lipinski definition) is 3. The zero-order chi connectivity index (χ0) is 13.9. The topological polar surface area (TPSA) is 24.9 Å². The molecule has 0 fully saturated rings. The smallest absolute Gasteiger partial charge is 0.0506 e. The van der Waals surface area contributed by atoms with Crippen LogP contribution < -0.4 is 5.32 Å². The van der Waals surface area contributed by atoms with E-state index < -0.39 is 0 Å². The lowest BCUT2D eigenvalue weighted by atomic mass is 9.83. The maximum atomic E-state index is 4.61. The number of thiophene rings is 1. The third-order valence-electron chi connectivity index (χ3n) is 3.55. The van der Waals surface area contributed by atoms with Gasteiger partial charge in [0.15, 0.2) is 0 Å². The van der Waals surface area contributed by atoms with Crippen molar-refractivity contribution >= 4 is 21.4 Å². The van der Waals surface area contributed by atoms with Gasteiger partial charge in [0.1, 0.15) is 0 Å². The van der Waals surface area contributed by atoms with Crippen LogP contribution in [0.15, 0.2) is 23.7 Å². The van der Waals surface area contributed by atoms with Crippen LogP contribution in [-0.4, -0.2) is 17.6 Å². The number of rotatable bonds is 5. The molecule has 0 spiro atoms. The maximum Gasteiger partial charge on any atom is 0.0506 e. The van der Waals surface area contributed by atoms with Crippen molar-refractivity contribution < 1.29 is 0 Å². The average molecular weight is 276 g/mol. The number of nitrogens with one attached hydrogen (secondary N) is 1. The van der Waals surface area contributed by atoms with Crippen LogP contribution in [-0.2, 0) is 6.42 Å². The van der Waals surface area contributed by atoms with Gasteiger partial charge < -0.3 is 5.32 Å². The van der Waals surface area contributed by atoms with Gasteiger partial charge in [-0.1, -0.05) is 27.7 Å². The third kappa shape index (κ3) is 3.54. The standard InChI is InChI=1S/C16H24N2S/c1-5-8-18-15(16(2,3)4)11-13-12-7-10-19-14(12)6-9-17-13/h6-7,9-10,15,18H,5,8,11H2,1-4H3. The minimum absolute atomic E-state index is 0.245. The summed E-state index contributed by atoms with van der Waals surface area (Å²) in [5, 5.41) is 7.15. The van der Waals surface area contributed by atoms with Gasteiger partial charge in [0.05, 0.1) is 5.69 Å². The van der Waals surface area contributed by atoms with Gasteiger partial charge >= 0.3 is 0 Å². The third-order valence-corrected chi connectivity index (χ3v) is 4.43. The molecule has 2 aromatic heterocycles. The SMILES string of the molecule is CCCNC(Cc1nccc2sccc12)C(C)(C)C. The molecule has 0 aliphatic heterocycles. The first-order chi connectivity index (χ1) is 9.02. The summed E-state index contributed by atoms with van der Waals surface area (Å²) >= 11 is 1.79. The predicted octanol–water partition coefficient (Wildman–Crippen LogP) is 4.25. The molecule has 2 rings (SSSR count). The van der Waals surface area contributed by atoms with Gasteiger partial charge in [0, 0.05) is 28.7 Å². The fraction of sp³-hybridized carbons (Fsp3) is 0.562. The minimum atomic E-state index is 0.245. The van der Waals surface area contributed by atoms with E-state index in [0.29, 0.717) is 6.04 Å². The molecule has 1 atom stereocenters. The summed E-state index contributed by atoms with van der Waals surface area (Å²) in [6.07, 6.45) is 4.11. The van der Waals surface area contributed by atoms with Crippen molar-refractivity contribution in [2.24, 2.45) is 5.41 Å². The van der Waals surface area contributed by atoms with E-state index in [0.717, 1.165) is 13.0 Å². The summed E-state index contributed by atoms with van der Waals surface area (Å²) in [6, 6.07) is 4.77. The lowest BCUT2D eigenvalue weighted by Crippen LogP contribution is -2.42. The van der Waals surface area contributed by atoms with Gasteiger partial charge in [-0.2, -0.15) is 0 Å². The van der Waals surface area contributed by atoms with E-state index in [9.17, 15) is 0 Å². The molecule has 0 radical (unpaired) electrons. The van der Waals surface area contributed by atoms with E-state index in [1.807, 2.05) is 6.20 Å². The molecular weight excluding hydrogens is 252 g/mol. The van der Waals surface area contributed by atoms with E-state index in [-0.39, 0.29) is 5.41 Å². The fourth-order valence-corrected chi connectivity index (χ4v) is 3.12. The second kappa shape index (κ2) is 6.02. The summed E-state index contributed by atoms with van der Waals surface area (Å²) in [5.41, 5.74) is 1.47. The molecule has 0 saturated carbocycles. The van der Waals surface area contributed by atoms with Crippen LogP contribution >= 0.6 is 11.3 Å².